The molecule has 0 radical (unpaired) electrons. The normalized spacial score (nSPS) is 25.4. The lowest BCUT2D eigenvalue weighted by Crippen LogP contribution is -2.43. The minimum atomic E-state index is -0.844. The molecule has 0 aromatic rings. The first-order chi connectivity index (χ1) is 8.59. The first-order valence-corrected chi connectivity index (χ1v) is 6.72. The van der Waals surface area contributed by atoms with Crippen molar-refractivity contribution in [2.24, 2.45) is 17.6 Å². The van der Waals surface area contributed by atoms with Gasteiger partial charge in [0.05, 0.1) is 6.04 Å². The Kier molecular flexibility index (Phi) is 5.47. The molecule has 1 heterocycles. The number of carbonyl (C=O) groups excluding carboxylic acids is 3. The molecule has 2 atom stereocenters. The maximum absolute atomic E-state index is 12.0. The summed E-state index contributed by atoms with van der Waals surface area (Å²) < 4.78 is 0. The molecule has 2 amide bonds. The van der Waals surface area contributed by atoms with Crippen LogP contribution in [0.15, 0.2) is 0 Å². The van der Waals surface area contributed by atoms with Crippen LogP contribution in [0.2, 0.25) is 0 Å². The Hall–Kier alpha value is -1.23. The van der Waals surface area contributed by atoms with Crippen molar-refractivity contribution in [3.05, 3.63) is 0 Å². The van der Waals surface area contributed by atoms with E-state index in [1.807, 2.05) is 13.8 Å². The topological polar surface area (TPSA) is 89.3 Å². The molecule has 0 aromatic heterocycles. The Morgan fingerprint density at radius 1 is 1.28 bits per heavy atom. The van der Waals surface area contributed by atoms with Crippen LogP contribution in [0.3, 0.4) is 0 Å². The molecule has 102 valence electrons. The van der Waals surface area contributed by atoms with Crippen LogP contribution < -0.4 is 11.1 Å². The smallest absolute Gasteiger partial charge is 0.237 e. The lowest BCUT2D eigenvalue weighted by atomic mass is 9.88. The minimum Gasteiger partial charge on any atom is -0.321 e. The van der Waals surface area contributed by atoms with E-state index < -0.39 is 17.9 Å². The van der Waals surface area contributed by atoms with Gasteiger partial charge in [-0.1, -0.05) is 26.7 Å². The fraction of sp³-hybridized carbons (Fsp3) is 0.769. The number of amides is 2. The molecule has 0 spiro atoms. The Balaban J connectivity index is 0.000000771. The Bertz CT molecular complexity index is 335. The predicted octanol–water partition coefficient (Wildman–Crippen LogP) is 0.762. The van der Waals surface area contributed by atoms with Crippen LogP contribution in [-0.2, 0) is 14.4 Å². The summed E-state index contributed by atoms with van der Waals surface area (Å²) in [6, 6.07) is -0.579. The monoisotopic (exact) mass is 254 g/mol. The molecule has 5 nitrogen and oxygen atoms in total. The molecule has 18 heavy (non-hydrogen) atoms. The fourth-order valence-electron chi connectivity index (χ4n) is 2.56. The quantitative estimate of drug-likeness (QED) is 0.575. The van der Waals surface area contributed by atoms with Gasteiger partial charge in [-0.3, -0.25) is 19.7 Å². The molecule has 2 fully saturated rings. The van der Waals surface area contributed by atoms with Crippen LogP contribution in [0, 0.1) is 11.8 Å². The molecule has 2 unspecified atom stereocenters. The van der Waals surface area contributed by atoms with E-state index in [-0.39, 0.29) is 24.0 Å². The summed E-state index contributed by atoms with van der Waals surface area (Å²) in [6.45, 7) is 4.00. The zero-order chi connectivity index (χ0) is 13.7. The van der Waals surface area contributed by atoms with E-state index in [0.717, 1.165) is 25.7 Å². The maximum atomic E-state index is 12.0. The average molecular weight is 254 g/mol. The SMILES string of the molecule is CC.NC(C(=O)C1CC(=O)NC1=O)C1CCCC1. The fourth-order valence-corrected chi connectivity index (χ4v) is 2.56. The van der Waals surface area contributed by atoms with Crippen LogP contribution in [0.1, 0.15) is 46.0 Å². The lowest BCUT2D eigenvalue weighted by Gasteiger charge is -2.19. The van der Waals surface area contributed by atoms with Crippen LogP contribution in [0.4, 0.5) is 0 Å². The molecule has 1 aliphatic heterocycles. The van der Waals surface area contributed by atoms with Gasteiger partial charge in [-0.05, 0) is 18.8 Å². The number of carbonyl (C=O) groups is 3. The van der Waals surface area contributed by atoms with E-state index in [4.69, 9.17) is 5.73 Å². The number of hydrogen-bond donors (Lipinski definition) is 2. The van der Waals surface area contributed by atoms with E-state index in [1.54, 1.807) is 0 Å². The van der Waals surface area contributed by atoms with Crippen molar-refractivity contribution in [2.75, 3.05) is 0 Å². The molecule has 0 bridgehead atoms. The van der Waals surface area contributed by atoms with E-state index in [0.29, 0.717) is 0 Å². The van der Waals surface area contributed by atoms with Gasteiger partial charge in [-0.2, -0.15) is 0 Å². The zero-order valence-electron chi connectivity index (χ0n) is 11.1. The summed E-state index contributed by atoms with van der Waals surface area (Å²) in [7, 11) is 0. The number of rotatable bonds is 3. The average Bonchev–Trinajstić information content (AvgIpc) is 2.99. The minimum absolute atomic E-state index is 0.0297. The molecule has 0 aromatic carbocycles. The van der Waals surface area contributed by atoms with E-state index >= 15 is 0 Å². The van der Waals surface area contributed by atoms with Crippen molar-refractivity contribution in [2.45, 2.75) is 52.0 Å². The predicted molar refractivity (Wildman–Crippen MR) is 67.5 cm³/mol. The summed E-state index contributed by atoms with van der Waals surface area (Å²) in [6.07, 6.45) is 4.07. The van der Waals surface area contributed by atoms with E-state index in [9.17, 15) is 14.4 Å². The molecule has 2 rings (SSSR count). The van der Waals surface area contributed by atoms with Crippen molar-refractivity contribution in [1.82, 2.24) is 5.32 Å². The van der Waals surface area contributed by atoms with Crippen LogP contribution in [0.25, 0.3) is 0 Å². The number of ketones is 1. The third kappa shape index (κ3) is 3.16. The maximum Gasteiger partial charge on any atom is 0.237 e. The van der Waals surface area contributed by atoms with E-state index in [1.165, 1.54) is 0 Å². The van der Waals surface area contributed by atoms with Gasteiger partial charge in [-0.25, -0.2) is 0 Å². The van der Waals surface area contributed by atoms with E-state index in [2.05, 4.69) is 5.32 Å². The van der Waals surface area contributed by atoms with Crippen molar-refractivity contribution >= 4 is 17.6 Å². The molecule has 5 heteroatoms. The van der Waals surface area contributed by atoms with Crippen molar-refractivity contribution < 1.29 is 14.4 Å². The molecule has 1 saturated carbocycles. The highest BCUT2D eigenvalue weighted by atomic mass is 16.2. The van der Waals surface area contributed by atoms with Gasteiger partial charge in [-0.15, -0.1) is 0 Å². The highest BCUT2D eigenvalue weighted by Crippen LogP contribution is 2.29. The zero-order valence-corrected chi connectivity index (χ0v) is 11.1. The molecule has 1 saturated heterocycles. The first kappa shape index (κ1) is 14.8. The second kappa shape index (κ2) is 6.64. The Morgan fingerprint density at radius 3 is 2.28 bits per heavy atom. The van der Waals surface area contributed by atoms with Gasteiger partial charge in [0, 0.05) is 6.42 Å². The summed E-state index contributed by atoms with van der Waals surface area (Å²) in [5.74, 6) is -1.78. The Morgan fingerprint density at radius 2 is 1.83 bits per heavy atom. The van der Waals surface area contributed by atoms with Crippen molar-refractivity contribution in [1.29, 1.82) is 0 Å². The first-order valence-electron chi connectivity index (χ1n) is 6.72. The number of Topliss-reactive ketones (excluding diaryl/α,β-unsaturated/α-hetero) is 1. The second-order valence-electron chi connectivity index (χ2n) is 4.64. The summed E-state index contributed by atoms with van der Waals surface area (Å²) in [5.41, 5.74) is 5.87. The van der Waals surface area contributed by atoms with Gasteiger partial charge < -0.3 is 5.73 Å². The highest BCUT2D eigenvalue weighted by molar-refractivity contribution is 6.15. The number of hydrogen-bond acceptors (Lipinski definition) is 4. The third-order valence-electron chi connectivity index (χ3n) is 3.55. The molecular weight excluding hydrogens is 232 g/mol. The van der Waals surface area contributed by atoms with Crippen LogP contribution in [-0.4, -0.2) is 23.6 Å². The molecule has 3 N–H and O–H groups in total. The standard InChI is InChI=1S/C11H16N2O3.C2H6/c12-9(6-3-1-2-4-6)10(15)7-5-8(14)13-11(7)16;1-2/h6-7,9H,1-5,12H2,(H,13,14,16);1-2H3. The number of imide groups is 1. The molecular formula is C13H22N2O3. The lowest BCUT2D eigenvalue weighted by molar-refractivity contribution is -0.133. The van der Waals surface area contributed by atoms with Gasteiger partial charge in [0.25, 0.3) is 0 Å². The molecule has 1 aliphatic carbocycles. The molecule has 2 aliphatic rings. The number of nitrogens with one attached hydrogen (secondary N) is 1. The van der Waals surface area contributed by atoms with Crippen LogP contribution >= 0.6 is 0 Å². The van der Waals surface area contributed by atoms with Gasteiger partial charge in [0.2, 0.25) is 11.8 Å². The number of nitrogens with two attached hydrogens (primary N) is 1. The van der Waals surface area contributed by atoms with Crippen LogP contribution in [0.5, 0.6) is 0 Å². The van der Waals surface area contributed by atoms with Gasteiger partial charge in [0.1, 0.15) is 5.92 Å². The highest BCUT2D eigenvalue weighted by Gasteiger charge is 2.40. The van der Waals surface area contributed by atoms with Gasteiger partial charge in [0.15, 0.2) is 5.78 Å². The van der Waals surface area contributed by atoms with Crippen molar-refractivity contribution in [3.8, 4) is 0 Å². The summed E-state index contributed by atoms with van der Waals surface area (Å²) in [4.78, 5) is 34.3. The second-order valence-corrected chi connectivity index (χ2v) is 4.64. The van der Waals surface area contributed by atoms with Crippen molar-refractivity contribution in [3.63, 3.8) is 0 Å². The summed E-state index contributed by atoms with van der Waals surface area (Å²) >= 11 is 0. The third-order valence-corrected chi connectivity index (χ3v) is 3.55. The largest absolute Gasteiger partial charge is 0.321 e. The van der Waals surface area contributed by atoms with Gasteiger partial charge >= 0.3 is 0 Å². The summed E-state index contributed by atoms with van der Waals surface area (Å²) in [5, 5.41) is 2.14. The Labute approximate surface area is 107 Å².